The number of nitrogens with zero attached hydrogens (tertiary/aromatic N) is 3. The molecule has 0 aromatic carbocycles. The van der Waals surface area contributed by atoms with Gasteiger partial charge in [0.05, 0.1) is 5.75 Å². The van der Waals surface area contributed by atoms with Gasteiger partial charge in [0.15, 0.2) is 10.8 Å². The SMILES string of the molecule is CCCOCCCn1c(SCC(=O)O)nc2cccnc21. The standard InChI is InChI=1S/C14H19N3O3S/c1-2-8-20-9-4-7-17-13-11(5-3-6-15-13)16-14(17)21-10-12(18)19/h3,5-6H,2,4,7-10H2,1H3,(H,18,19). The Bertz CT molecular complexity index is 600. The largest absolute Gasteiger partial charge is 0.481 e. The molecule has 114 valence electrons. The molecule has 0 aliphatic heterocycles. The van der Waals surface area contributed by atoms with Gasteiger partial charge in [0.2, 0.25) is 0 Å². The van der Waals surface area contributed by atoms with Crippen LogP contribution in [0.5, 0.6) is 0 Å². The molecule has 2 aromatic heterocycles. The van der Waals surface area contributed by atoms with E-state index in [9.17, 15) is 4.79 Å². The fraction of sp³-hybridized carbons (Fsp3) is 0.500. The van der Waals surface area contributed by atoms with Crippen molar-refractivity contribution in [2.75, 3.05) is 19.0 Å². The van der Waals surface area contributed by atoms with Gasteiger partial charge in [0, 0.05) is 26.0 Å². The van der Waals surface area contributed by atoms with Crippen molar-refractivity contribution >= 4 is 28.9 Å². The molecule has 1 N–H and O–H groups in total. The molecule has 0 unspecified atom stereocenters. The molecule has 0 saturated carbocycles. The monoisotopic (exact) mass is 309 g/mol. The summed E-state index contributed by atoms with van der Waals surface area (Å²) >= 11 is 1.22. The van der Waals surface area contributed by atoms with E-state index >= 15 is 0 Å². The predicted octanol–water partition coefficient (Wildman–Crippen LogP) is 2.42. The number of thioether (sulfide) groups is 1. The number of ether oxygens (including phenoxy) is 1. The highest BCUT2D eigenvalue weighted by atomic mass is 32.2. The van der Waals surface area contributed by atoms with E-state index in [0.717, 1.165) is 37.2 Å². The lowest BCUT2D eigenvalue weighted by atomic mass is 10.4. The van der Waals surface area contributed by atoms with Gasteiger partial charge in [-0.2, -0.15) is 0 Å². The summed E-state index contributed by atoms with van der Waals surface area (Å²) in [5.74, 6) is -0.854. The van der Waals surface area contributed by atoms with E-state index in [1.165, 1.54) is 11.8 Å². The second-order valence-corrected chi connectivity index (χ2v) is 5.48. The minimum atomic E-state index is -0.849. The maximum Gasteiger partial charge on any atom is 0.313 e. The second-order valence-electron chi connectivity index (χ2n) is 4.54. The smallest absolute Gasteiger partial charge is 0.313 e. The molecular formula is C14H19N3O3S. The first-order valence-electron chi connectivity index (χ1n) is 6.96. The molecule has 0 bridgehead atoms. The summed E-state index contributed by atoms with van der Waals surface area (Å²) < 4.78 is 7.45. The Labute approximate surface area is 127 Å². The van der Waals surface area contributed by atoms with E-state index in [0.29, 0.717) is 11.8 Å². The molecular weight excluding hydrogens is 290 g/mol. The first-order valence-corrected chi connectivity index (χ1v) is 7.94. The highest BCUT2D eigenvalue weighted by Gasteiger charge is 2.13. The number of carbonyl (C=O) groups is 1. The highest BCUT2D eigenvalue weighted by molar-refractivity contribution is 7.99. The van der Waals surface area contributed by atoms with Gasteiger partial charge in [-0.05, 0) is 25.0 Å². The topological polar surface area (TPSA) is 77.2 Å². The number of carboxylic acid groups (broad SMARTS) is 1. The number of pyridine rings is 1. The minimum absolute atomic E-state index is 0.00431. The molecule has 0 aliphatic rings. The van der Waals surface area contributed by atoms with E-state index in [1.54, 1.807) is 6.20 Å². The summed E-state index contributed by atoms with van der Waals surface area (Å²) in [6.07, 6.45) is 3.58. The molecule has 0 spiro atoms. The van der Waals surface area contributed by atoms with Gasteiger partial charge in [-0.15, -0.1) is 0 Å². The van der Waals surface area contributed by atoms with Gasteiger partial charge in [0.1, 0.15) is 5.52 Å². The molecule has 0 radical (unpaired) electrons. The molecule has 0 fully saturated rings. The summed E-state index contributed by atoms with van der Waals surface area (Å²) in [6.45, 7) is 4.25. The molecule has 7 heteroatoms. The summed E-state index contributed by atoms with van der Waals surface area (Å²) in [5, 5.41) is 9.52. The van der Waals surface area contributed by atoms with Crippen molar-refractivity contribution in [2.24, 2.45) is 0 Å². The number of carboxylic acids is 1. The van der Waals surface area contributed by atoms with E-state index < -0.39 is 5.97 Å². The Hall–Kier alpha value is -1.60. The lowest BCUT2D eigenvalue weighted by Crippen LogP contribution is -2.06. The van der Waals surface area contributed by atoms with Crippen molar-refractivity contribution in [3.63, 3.8) is 0 Å². The summed E-state index contributed by atoms with van der Waals surface area (Å²) in [6, 6.07) is 3.72. The van der Waals surface area contributed by atoms with Crippen LogP contribution in [0.3, 0.4) is 0 Å². The van der Waals surface area contributed by atoms with Gasteiger partial charge in [-0.1, -0.05) is 18.7 Å². The Morgan fingerprint density at radius 1 is 1.48 bits per heavy atom. The van der Waals surface area contributed by atoms with Crippen LogP contribution in [0.15, 0.2) is 23.5 Å². The van der Waals surface area contributed by atoms with Crippen molar-refractivity contribution in [3.05, 3.63) is 18.3 Å². The fourth-order valence-electron chi connectivity index (χ4n) is 1.95. The fourth-order valence-corrected chi connectivity index (χ4v) is 2.70. The van der Waals surface area contributed by atoms with E-state index in [1.807, 2.05) is 16.7 Å². The number of aromatic nitrogens is 3. The van der Waals surface area contributed by atoms with Crippen LogP contribution >= 0.6 is 11.8 Å². The zero-order valence-corrected chi connectivity index (χ0v) is 12.8. The first kappa shape index (κ1) is 15.8. The molecule has 6 nitrogen and oxygen atoms in total. The molecule has 0 aliphatic carbocycles. The van der Waals surface area contributed by atoms with Gasteiger partial charge in [0.25, 0.3) is 0 Å². The molecule has 2 rings (SSSR count). The quantitative estimate of drug-likeness (QED) is 0.566. The molecule has 21 heavy (non-hydrogen) atoms. The molecule has 2 heterocycles. The molecule has 2 aromatic rings. The normalized spacial score (nSPS) is 11.1. The second kappa shape index (κ2) is 7.99. The zero-order chi connectivity index (χ0) is 15.1. The highest BCUT2D eigenvalue weighted by Crippen LogP contribution is 2.22. The Morgan fingerprint density at radius 2 is 2.33 bits per heavy atom. The molecule has 0 atom stereocenters. The van der Waals surface area contributed by atoms with Gasteiger partial charge >= 0.3 is 5.97 Å². The third kappa shape index (κ3) is 4.44. The zero-order valence-electron chi connectivity index (χ0n) is 12.0. The number of rotatable bonds is 9. The average molecular weight is 309 g/mol. The number of aliphatic carboxylic acids is 1. The Morgan fingerprint density at radius 3 is 3.10 bits per heavy atom. The van der Waals surface area contributed by atoms with Crippen LogP contribution < -0.4 is 0 Å². The van der Waals surface area contributed by atoms with Crippen LogP contribution in [-0.4, -0.2) is 44.6 Å². The average Bonchev–Trinajstić information content (AvgIpc) is 2.83. The number of hydrogen-bond acceptors (Lipinski definition) is 5. The van der Waals surface area contributed by atoms with E-state index in [2.05, 4.69) is 16.9 Å². The minimum Gasteiger partial charge on any atom is -0.481 e. The number of fused-ring (bicyclic) bond motifs is 1. The van der Waals surface area contributed by atoms with Crippen molar-refractivity contribution < 1.29 is 14.6 Å². The predicted molar refractivity (Wildman–Crippen MR) is 81.6 cm³/mol. The Kier molecular flexibility index (Phi) is 6.01. The molecule has 0 amide bonds. The van der Waals surface area contributed by atoms with Crippen LogP contribution in [0, 0.1) is 0 Å². The van der Waals surface area contributed by atoms with Gasteiger partial charge in [-0.25, -0.2) is 9.97 Å². The number of imidazole rings is 1. The first-order chi connectivity index (χ1) is 10.2. The van der Waals surface area contributed by atoms with Crippen molar-refractivity contribution in [2.45, 2.75) is 31.5 Å². The van der Waals surface area contributed by atoms with Crippen LogP contribution in [0.25, 0.3) is 11.2 Å². The molecule has 0 saturated heterocycles. The summed E-state index contributed by atoms with van der Waals surface area (Å²) in [5.41, 5.74) is 1.58. The van der Waals surface area contributed by atoms with Crippen molar-refractivity contribution in [1.29, 1.82) is 0 Å². The van der Waals surface area contributed by atoms with Crippen molar-refractivity contribution in [1.82, 2.24) is 14.5 Å². The Balaban J connectivity index is 2.09. The summed E-state index contributed by atoms with van der Waals surface area (Å²) in [4.78, 5) is 19.5. The van der Waals surface area contributed by atoms with Crippen LogP contribution in [0.4, 0.5) is 0 Å². The lowest BCUT2D eigenvalue weighted by molar-refractivity contribution is -0.133. The van der Waals surface area contributed by atoms with Crippen LogP contribution in [0.2, 0.25) is 0 Å². The van der Waals surface area contributed by atoms with Gasteiger partial charge < -0.3 is 14.4 Å². The third-order valence-electron chi connectivity index (χ3n) is 2.81. The van der Waals surface area contributed by atoms with E-state index in [4.69, 9.17) is 9.84 Å². The lowest BCUT2D eigenvalue weighted by Gasteiger charge is -2.08. The van der Waals surface area contributed by atoms with Crippen LogP contribution in [0.1, 0.15) is 19.8 Å². The van der Waals surface area contributed by atoms with Crippen molar-refractivity contribution in [3.8, 4) is 0 Å². The van der Waals surface area contributed by atoms with Crippen LogP contribution in [-0.2, 0) is 16.1 Å². The third-order valence-corrected chi connectivity index (χ3v) is 3.77. The maximum atomic E-state index is 10.7. The number of hydrogen-bond donors (Lipinski definition) is 1. The maximum absolute atomic E-state index is 10.7. The van der Waals surface area contributed by atoms with E-state index in [-0.39, 0.29) is 5.75 Å². The van der Waals surface area contributed by atoms with Gasteiger partial charge in [-0.3, -0.25) is 4.79 Å². The number of aryl methyl sites for hydroxylation is 1. The summed E-state index contributed by atoms with van der Waals surface area (Å²) in [7, 11) is 0.